The molecule has 0 heterocycles. The van der Waals surface area contributed by atoms with Gasteiger partial charge in [-0.25, -0.2) is 0 Å². The van der Waals surface area contributed by atoms with E-state index in [0.717, 1.165) is 12.3 Å². The minimum absolute atomic E-state index is 0.291. The van der Waals surface area contributed by atoms with Crippen molar-refractivity contribution < 1.29 is 5.21 Å². The van der Waals surface area contributed by atoms with Gasteiger partial charge < -0.3 is 10.5 Å². The molecule has 0 aromatic heterocycles. The maximum atomic E-state index is 9.10. The monoisotopic (exact) mass is 230 g/mol. The van der Waals surface area contributed by atoms with Crippen LogP contribution in [0.3, 0.4) is 0 Å². The third kappa shape index (κ3) is 1.95. The average molecular weight is 230 g/mol. The summed E-state index contributed by atoms with van der Waals surface area (Å²) in [5.41, 5.74) is 2.27. The van der Waals surface area contributed by atoms with Gasteiger partial charge in [-0.3, -0.25) is 0 Å². The van der Waals surface area contributed by atoms with Gasteiger partial charge >= 0.3 is 0 Å². The van der Waals surface area contributed by atoms with Gasteiger partial charge in [0.2, 0.25) is 0 Å². The van der Waals surface area contributed by atoms with Crippen LogP contribution in [-0.4, -0.2) is 17.0 Å². The van der Waals surface area contributed by atoms with Crippen molar-refractivity contribution in [3.8, 4) is 0 Å². The van der Waals surface area contributed by atoms with E-state index in [1.165, 1.54) is 24.8 Å². The van der Waals surface area contributed by atoms with Crippen molar-refractivity contribution in [1.82, 2.24) is 5.32 Å². The summed E-state index contributed by atoms with van der Waals surface area (Å²) in [5, 5.41) is 16.2. The summed E-state index contributed by atoms with van der Waals surface area (Å²) in [6, 6.07) is 10.7. The molecular weight excluding hydrogens is 212 g/mol. The normalized spacial score (nSPS) is 33.4. The van der Waals surface area contributed by atoms with Crippen molar-refractivity contribution in [3.05, 3.63) is 35.9 Å². The van der Waals surface area contributed by atoms with Gasteiger partial charge in [0.1, 0.15) is 0 Å². The molecule has 17 heavy (non-hydrogen) atoms. The number of oxime groups is 1. The lowest BCUT2D eigenvalue weighted by Gasteiger charge is -2.23. The number of hydrogen-bond donors (Lipinski definition) is 2. The van der Waals surface area contributed by atoms with Gasteiger partial charge in [-0.1, -0.05) is 35.5 Å². The molecule has 0 unspecified atom stereocenters. The van der Waals surface area contributed by atoms with Crippen molar-refractivity contribution in [2.24, 2.45) is 17.0 Å². The average Bonchev–Trinajstić information content (AvgIpc) is 2.97. The molecule has 0 amide bonds. The lowest BCUT2D eigenvalue weighted by molar-refractivity contribution is 0.309. The Labute approximate surface area is 102 Å². The van der Waals surface area contributed by atoms with Gasteiger partial charge in [-0.2, -0.15) is 0 Å². The Hall–Kier alpha value is -1.35. The van der Waals surface area contributed by atoms with Crippen molar-refractivity contribution >= 4 is 5.71 Å². The summed E-state index contributed by atoms with van der Waals surface area (Å²) < 4.78 is 0. The Bertz CT molecular complexity index is 415. The van der Waals surface area contributed by atoms with Gasteiger partial charge in [0, 0.05) is 12.5 Å². The zero-order valence-corrected chi connectivity index (χ0v) is 9.84. The lowest BCUT2D eigenvalue weighted by Crippen LogP contribution is -2.40. The van der Waals surface area contributed by atoms with Crippen LogP contribution in [0.2, 0.25) is 0 Å². The van der Waals surface area contributed by atoms with Crippen LogP contribution in [-0.2, 0) is 6.54 Å². The standard InChI is InChI=1S/C14H18N2O/c17-16-14-12-7-6-11(8-12)13(14)15-9-10-4-2-1-3-5-10/h1-5,11-13,15,17H,6-9H2/b16-14+/t11-,12+,13-/m1/s1. The number of fused-ring (bicyclic) bond motifs is 2. The van der Waals surface area contributed by atoms with Gasteiger partial charge in [0.05, 0.1) is 11.8 Å². The molecule has 2 N–H and O–H groups in total. The quantitative estimate of drug-likeness (QED) is 0.618. The zero-order valence-electron chi connectivity index (χ0n) is 9.84. The fourth-order valence-electron chi connectivity index (χ4n) is 3.32. The first kappa shape index (κ1) is 10.8. The highest BCUT2D eigenvalue weighted by atomic mass is 16.4. The van der Waals surface area contributed by atoms with Gasteiger partial charge in [-0.15, -0.1) is 0 Å². The van der Waals surface area contributed by atoms with Crippen molar-refractivity contribution in [1.29, 1.82) is 0 Å². The minimum atomic E-state index is 0.291. The first-order valence-electron chi connectivity index (χ1n) is 6.37. The van der Waals surface area contributed by atoms with Crippen molar-refractivity contribution in [2.45, 2.75) is 31.8 Å². The smallest absolute Gasteiger partial charge is 0.0773 e. The molecule has 2 bridgehead atoms. The summed E-state index contributed by atoms with van der Waals surface area (Å²) in [4.78, 5) is 0. The highest BCUT2D eigenvalue weighted by Crippen LogP contribution is 2.42. The first-order valence-corrected chi connectivity index (χ1v) is 6.37. The molecule has 2 aliphatic carbocycles. The minimum Gasteiger partial charge on any atom is -0.411 e. The summed E-state index contributed by atoms with van der Waals surface area (Å²) in [5.74, 6) is 1.20. The zero-order chi connectivity index (χ0) is 11.7. The highest BCUT2D eigenvalue weighted by Gasteiger charge is 2.45. The second-order valence-electron chi connectivity index (χ2n) is 5.14. The molecule has 3 nitrogen and oxygen atoms in total. The lowest BCUT2D eigenvalue weighted by atomic mass is 9.93. The maximum absolute atomic E-state index is 9.10. The molecule has 0 spiro atoms. The topological polar surface area (TPSA) is 44.6 Å². The molecule has 0 saturated heterocycles. The van der Waals surface area contributed by atoms with E-state index in [1.54, 1.807) is 0 Å². The van der Waals surface area contributed by atoms with Crippen LogP contribution in [0.1, 0.15) is 24.8 Å². The van der Waals surface area contributed by atoms with E-state index in [1.807, 2.05) is 6.07 Å². The molecule has 0 aliphatic heterocycles. The number of nitrogens with one attached hydrogen (secondary N) is 1. The summed E-state index contributed by atoms with van der Waals surface area (Å²) in [7, 11) is 0. The molecule has 90 valence electrons. The first-order chi connectivity index (χ1) is 8.38. The van der Waals surface area contributed by atoms with Crippen LogP contribution in [0.25, 0.3) is 0 Å². The third-order valence-electron chi connectivity index (χ3n) is 4.17. The largest absolute Gasteiger partial charge is 0.411 e. The molecule has 3 atom stereocenters. The number of benzene rings is 1. The Morgan fingerprint density at radius 1 is 1.24 bits per heavy atom. The SMILES string of the molecule is O/N=C1\[C@H]2CC[C@H](C2)[C@H]1NCc1ccccc1. The molecule has 1 aromatic rings. The second-order valence-corrected chi connectivity index (χ2v) is 5.14. The van der Waals surface area contributed by atoms with Crippen molar-refractivity contribution in [3.63, 3.8) is 0 Å². The number of rotatable bonds is 3. The number of nitrogens with zero attached hydrogens (tertiary/aromatic N) is 1. The Morgan fingerprint density at radius 2 is 2.06 bits per heavy atom. The summed E-state index contributed by atoms with van der Waals surface area (Å²) in [6.45, 7) is 0.855. The van der Waals surface area contributed by atoms with Crippen LogP contribution < -0.4 is 5.32 Å². The summed E-state index contributed by atoms with van der Waals surface area (Å²) in [6.07, 6.45) is 3.68. The van der Waals surface area contributed by atoms with Gasteiger partial charge in [0.25, 0.3) is 0 Å². The van der Waals surface area contributed by atoms with Crippen LogP contribution in [0.5, 0.6) is 0 Å². The molecule has 3 rings (SSSR count). The van der Waals surface area contributed by atoms with Crippen LogP contribution in [0.15, 0.2) is 35.5 Å². The molecule has 1 aromatic carbocycles. The Morgan fingerprint density at radius 3 is 2.82 bits per heavy atom. The van der Waals surface area contributed by atoms with E-state index in [4.69, 9.17) is 5.21 Å². The van der Waals surface area contributed by atoms with E-state index >= 15 is 0 Å². The van der Waals surface area contributed by atoms with Gasteiger partial charge in [0.15, 0.2) is 0 Å². The van der Waals surface area contributed by atoms with E-state index in [-0.39, 0.29) is 0 Å². The number of hydrogen-bond acceptors (Lipinski definition) is 3. The molecule has 3 heteroatoms. The predicted octanol–water partition coefficient (Wildman–Crippen LogP) is 2.40. The third-order valence-corrected chi connectivity index (χ3v) is 4.17. The summed E-state index contributed by atoms with van der Waals surface area (Å²) >= 11 is 0. The molecule has 2 fully saturated rings. The van der Waals surface area contributed by atoms with Gasteiger partial charge in [-0.05, 0) is 30.7 Å². The van der Waals surface area contributed by atoms with E-state index in [9.17, 15) is 0 Å². The van der Waals surface area contributed by atoms with Crippen LogP contribution in [0.4, 0.5) is 0 Å². The van der Waals surface area contributed by atoms with Crippen LogP contribution >= 0.6 is 0 Å². The fraction of sp³-hybridized carbons (Fsp3) is 0.500. The van der Waals surface area contributed by atoms with Crippen molar-refractivity contribution in [2.75, 3.05) is 0 Å². The fourth-order valence-corrected chi connectivity index (χ4v) is 3.32. The Balaban J connectivity index is 1.66. The maximum Gasteiger partial charge on any atom is 0.0773 e. The highest BCUT2D eigenvalue weighted by molar-refractivity contribution is 5.94. The molecule has 0 radical (unpaired) electrons. The Kier molecular flexibility index (Phi) is 2.85. The molecule has 2 aliphatic rings. The second kappa shape index (κ2) is 4.49. The molecular formula is C14H18N2O. The van der Waals surface area contributed by atoms with E-state index < -0.39 is 0 Å². The predicted molar refractivity (Wildman–Crippen MR) is 67.1 cm³/mol. The molecule has 2 saturated carbocycles. The van der Waals surface area contributed by atoms with Crippen LogP contribution in [0, 0.1) is 11.8 Å². The van der Waals surface area contributed by atoms with E-state index in [2.05, 4.69) is 34.7 Å². The van der Waals surface area contributed by atoms with E-state index in [0.29, 0.717) is 17.9 Å².